The van der Waals surface area contributed by atoms with Gasteiger partial charge in [0.1, 0.15) is 5.69 Å². The molecule has 0 saturated carbocycles. The van der Waals surface area contributed by atoms with Crippen LogP contribution in [0, 0.1) is 5.92 Å². The van der Waals surface area contributed by atoms with Crippen molar-refractivity contribution in [2.24, 2.45) is 5.92 Å². The number of nitrogens with one attached hydrogen (secondary N) is 1. The molecule has 27 heavy (non-hydrogen) atoms. The summed E-state index contributed by atoms with van der Waals surface area (Å²) in [5.74, 6) is 0.363. The number of aromatic amines is 1. The Kier molecular flexibility index (Phi) is 4.82. The van der Waals surface area contributed by atoms with Crippen LogP contribution in [0.25, 0.3) is 11.3 Å². The van der Waals surface area contributed by atoms with E-state index in [1.807, 2.05) is 41.3 Å². The molecule has 1 atom stereocenters. The molecule has 0 aliphatic carbocycles. The Morgan fingerprint density at radius 1 is 1.15 bits per heavy atom. The van der Waals surface area contributed by atoms with Gasteiger partial charge in [0.05, 0.1) is 11.7 Å². The SMILES string of the molecule is CC(C)CN1C(=O)c2[nH]nc(-c3ccc(Cl)cc3)c2C1c1ccc(Br)cc1. The molecule has 0 bridgehead atoms. The molecule has 0 radical (unpaired) electrons. The van der Waals surface area contributed by atoms with Gasteiger partial charge in [-0.2, -0.15) is 5.10 Å². The lowest BCUT2D eigenvalue weighted by Crippen LogP contribution is -2.32. The molecule has 4 rings (SSSR count). The van der Waals surface area contributed by atoms with Crippen molar-refractivity contribution in [3.63, 3.8) is 0 Å². The number of amides is 1. The average Bonchev–Trinajstić information content (AvgIpc) is 3.17. The molecule has 1 unspecified atom stereocenters. The average molecular weight is 445 g/mol. The van der Waals surface area contributed by atoms with Crippen LogP contribution in [0.5, 0.6) is 0 Å². The molecule has 1 N–H and O–H groups in total. The third-order valence-corrected chi connectivity index (χ3v) is 5.51. The lowest BCUT2D eigenvalue weighted by atomic mass is 9.96. The molecule has 1 aliphatic rings. The summed E-state index contributed by atoms with van der Waals surface area (Å²) in [7, 11) is 0. The Balaban J connectivity index is 1.87. The van der Waals surface area contributed by atoms with Crippen molar-refractivity contribution in [1.29, 1.82) is 0 Å². The Labute approximate surface area is 171 Å². The topological polar surface area (TPSA) is 49.0 Å². The minimum absolute atomic E-state index is 0.000618. The van der Waals surface area contributed by atoms with Crippen molar-refractivity contribution < 1.29 is 4.79 Å². The highest BCUT2D eigenvalue weighted by molar-refractivity contribution is 9.10. The van der Waals surface area contributed by atoms with Gasteiger partial charge in [0.15, 0.2) is 0 Å². The van der Waals surface area contributed by atoms with Gasteiger partial charge in [0.2, 0.25) is 0 Å². The minimum atomic E-state index is -0.160. The van der Waals surface area contributed by atoms with E-state index in [1.165, 1.54) is 0 Å². The molecule has 138 valence electrons. The number of benzene rings is 2. The number of nitrogens with zero attached hydrogens (tertiary/aromatic N) is 2. The van der Waals surface area contributed by atoms with Crippen LogP contribution in [0.3, 0.4) is 0 Å². The zero-order valence-corrected chi connectivity index (χ0v) is 17.4. The number of H-pyrrole nitrogens is 1. The molecule has 0 fully saturated rings. The molecule has 0 spiro atoms. The Morgan fingerprint density at radius 3 is 2.44 bits per heavy atom. The van der Waals surface area contributed by atoms with E-state index in [4.69, 9.17) is 11.6 Å². The van der Waals surface area contributed by atoms with Crippen LogP contribution in [0.1, 0.15) is 41.5 Å². The third-order valence-electron chi connectivity index (χ3n) is 4.73. The summed E-state index contributed by atoms with van der Waals surface area (Å²) in [6.07, 6.45) is 0. The van der Waals surface area contributed by atoms with Crippen LogP contribution < -0.4 is 0 Å². The fourth-order valence-electron chi connectivity index (χ4n) is 3.60. The van der Waals surface area contributed by atoms with Crippen molar-refractivity contribution in [2.75, 3.05) is 6.54 Å². The van der Waals surface area contributed by atoms with E-state index in [2.05, 4.69) is 52.1 Å². The van der Waals surface area contributed by atoms with Crippen LogP contribution in [0.2, 0.25) is 5.02 Å². The third kappa shape index (κ3) is 3.30. The van der Waals surface area contributed by atoms with E-state index in [1.54, 1.807) is 0 Å². The van der Waals surface area contributed by atoms with E-state index in [0.717, 1.165) is 26.9 Å². The standard InChI is InChI=1S/C21H19BrClN3O/c1-12(2)11-26-20(14-3-7-15(22)8-4-14)17-18(24-25-19(17)21(26)27)13-5-9-16(23)10-6-13/h3-10,12,20H,11H2,1-2H3,(H,24,25). The van der Waals surface area contributed by atoms with Gasteiger partial charge in [0.25, 0.3) is 5.91 Å². The maximum absolute atomic E-state index is 13.1. The van der Waals surface area contributed by atoms with Gasteiger partial charge in [0, 0.05) is 27.2 Å². The molecule has 6 heteroatoms. The minimum Gasteiger partial charge on any atom is -0.326 e. The van der Waals surface area contributed by atoms with Gasteiger partial charge in [-0.15, -0.1) is 0 Å². The maximum atomic E-state index is 13.1. The molecule has 1 aromatic heterocycles. The molecule has 0 saturated heterocycles. The highest BCUT2D eigenvalue weighted by Gasteiger charge is 2.42. The molecule has 2 heterocycles. The second-order valence-corrected chi connectivity index (χ2v) is 8.53. The summed E-state index contributed by atoms with van der Waals surface area (Å²) in [6.45, 7) is 4.93. The highest BCUT2D eigenvalue weighted by atomic mass is 79.9. The summed E-state index contributed by atoms with van der Waals surface area (Å²) in [5, 5.41) is 8.12. The van der Waals surface area contributed by atoms with Crippen molar-refractivity contribution in [3.8, 4) is 11.3 Å². The van der Waals surface area contributed by atoms with Crippen molar-refractivity contribution in [2.45, 2.75) is 19.9 Å². The summed E-state index contributed by atoms with van der Waals surface area (Å²) in [4.78, 5) is 15.0. The fourth-order valence-corrected chi connectivity index (χ4v) is 3.99. The summed E-state index contributed by atoms with van der Waals surface area (Å²) < 4.78 is 1.01. The van der Waals surface area contributed by atoms with E-state index >= 15 is 0 Å². The zero-order chi connectivity index (χ0) is 19.1. The Morgan fingerprint density at radius 2 is 1.81 bits per heavy atom. The van der Waals surface area contributed by atoms with E-state index in [9.17, 15) is 4.79 Å². The number of halogens is 2. The maximum Gasteiger partial charge on any atom is 0.273 e. The van der Waals surface area contributed by atoms with Gasteiger partial charge in [-0.05, 0) is 35.7 Å². The Bertz CT molecular complexity index is 980. The van der Waals surface area contributed by atoms with Crippen molar-refractivity contribution >= 4 is 33.4 Å². The van der Waals surface area contributed by atoms with Gasteiger partial charge >= 0.3 is 0 Å². The molecule has 4 nitrogen and oxygen atoms in total. The fraction of sp³-hybridized carbons (Fsp3) is 0.238. The van der Waals surface area contributed by atoms with Crippen LogP contribution in [-0.4, -0.2) is 27.5 Å². The molecule has 2 aromatic carbocycles. The van der Waals surface area contributed by atoms with Crippen molar-refractivity contribution in [3.05, 3.63) is 74.8 Å². The lowest BCUT2D eigenvalue weighted by Gasteiger charge is -2.28. The highest BCUT2D eigenvalue weighted by Crippen LogP contribution is 2.43. The van der Waals surface area contributed by atoms with Gasteiger partial charge in [-0.1, -0.05) is 65.6 Å². The summed E-state index contributed by atoms with van der Waals surface area (Å²) in [5.41, 5.74) is 4.33. The first-order chi connectivity index (χ1) is 13.0. The first-order valence-corrected chi connectivity index (χ1v) is 10.0. The van der Waals surface area contributed by atoms with Crippen molar-refractivity contribution in [1.82, 2.24) is 15.1 Å². The first-order valence-electron chi connectivity index (χ1n) is 8.86. The number of fused-ring (bicyclic) bond motifs is 1. The number of hydrogen-bond donors (Lipinski definition) is 1. The molecule has 1 amide bonds. The normalized spacial score (nSPS) is 16.3. The smallest absolute Gasteiger partial charge is 0.273 e. The van der Waals surface area contributed by atoms with E-state index < -0.39 is 0 Å². The van der Waals surface area contributed by atoms with Crippen LogP contribution in [0.15, 0.2) is 53.0 Å². The van der Waals surface area contributed by atoms with Crippen LogP contribution in [-0.2, 0) is 0 Å². The predicted octanol–water partition coefficient (Wildman–Crippen LogP) is 5.69. The first kappa shape index (κ1) is 18.3. The quantitative estimate of drug-likeness (QED) is 0.561. The lowest BCUT2D eigenvalue weighted by molar-refractivity contribution is 0.0722. The number of hydrogen-bond acceptors (Lipinski definition) is 2. The second-order valence-electron chi connectivity index (χ2n) is 7.17. The molecule has 1 aliphatic heterocycles. The predicted molar refractivity (Wildman–Crippen MR) is 111 cm³/mol. The van der Waals surface area contributed by atoms with E-state index in [0.29, 0.717) is 23.2 Å². The zero-order valence-electron chi connectivity index (χ0n) is 15.0. The van der Waals surface area contributed by atoms with Crippen LogP contribution in [0.4, 0.5) is 0 Å². The van der Waals surface area contributed by atoms with E-state index in [-0.39, 0.29) is 11.9 Å². The second kappa shape index (κ2) is 7.13. The number of carbonyl (C=O) groups excluding carboxylic acids is 1. The number of aromatic nitrogens is 2. The number of rotatable bonds is 4. The molecule has 3 aromatic rings. The monoisotopic (exact) mass is 443 g/mol. The van der Waals surface area contributed by atoms with Crippen LogP contribution >= 0.6 is 27.5 Å². The van der Waals surface area contributed by atoms with Gasteiger partial charge < -0.3 is 4.90 Å². The summed E-state index contributed by atoms with van der Waals surface area (Å²) in [6, 6.07) is 15.5. The largest absolute Gasteiger partial charge is 0.326 e. The van der Waals surface area contributed by atoms with Gasteiger partial charge in [-0.25, -0.2) is 0 Å². The Hall–Kier alpha value is -2.11. The number of carbonyl (C=O) groups is 1. The molecular weight excluding hydrogens is 426 g/mol. The summed E-state index contributed by atoms with van der Waals surface area (Å²) >= 11 is 9.53. The van der Waals surface area contributed by atoms with Gasteiger partial charge in [-0.3, -0.25) is 9.89 Å². The molecular formula is C21H19BrClN3O.